The summed E-state index contributed by atoms with van der Waals surface area (Å²) in [6, 6.07) is 10.6. The van der Waals surface area contributed by atoms with Crippen LogP contribution < -0.4 is 10.6 Å². The Hall–Kier alpha value is -2.60. The minimum atomic E-state index is 0.568. The van der Waals surface area contributed by atoms with Gasteiger partial charge < -0.3 is 15.1 Å². The van der Waals surface area contributed by atoms with Crippen molar-refractivity contribution in [1.82, 2.24) is 15.6 Å². The molecule has 136 valence electrons. The van der Waals surface area contributed by atoms with Crippen molar-refractivity contribution < 1.29 is 4.42 Å². The summed E-state index contributed by atoms with van der Waals surface area (Å²) in [4.78, 5) is 9.80. The van der Waals surface area contributed by atoms with Gasteiger partial charge in [0.25, 0.3) is 0 Å². The number of aromatic nitrogens is 1. The Balaban J connectivity index is 1.47. The molecule has 26 heavy (non-hydrogen) atoms. The molecule has 0 saturated heterocycles. The van der Waals surface area contributed by atoms with Crippen LogP contribution in [0.1, 0.15) is 22.4 Å². The van der Waals surface area contributed by atoms with Gasteiger partial charge in [-0.2, -0.15) is 0 Å². The summed E-state index contributed by atoms with van der Waals surface area (Å²) in [6.07, 6.45) is 2.64. The monoisotopic (exact) mass is 368 g/mol. The molecule has 3 aromatic rings. The quantitative estimate of drug-likeness (QED) is 0.511. The summed E-state index contributed by atoms with van der Waals surface area (Å²) in [6.45, 7) is 5.65. The third-order valence-corrected chi connectivity index (χ3v) is 4.79. The maximum absolute atomic E-state index is 5.54. The number of hydrogen-bond acceptors (Lipinski definition) is 4. The Labute approximate surface area is 158 Å². The highest BCUT2D eigenvalue weighted by molar-refractivity contribution is 7.13. The van der Waals surface area contributed by atoms with Gasteiger partial charge in [0.1, 0.15) is 6.26 Å². The minimum Gasteiger partial charge on any atom is -0.443 e. The van der Waals surface area contributed by atoms with Crippen LogP contribution in [0, 0.1) is 13.8 Å². The molecule has 2 heterocycles. The standard InChI is InChI=1S/C20H24N4OS/c1-14-9-15(2)11-16(10-14)6-7-22-20(21-3)23-12-17-13-25-19(24-17)18-5-4-8-26-18/h4-5,8-11,13H,6-7,12H2,1-3H3,(H2,21,22,23). The van der Waals surface area contributed by atoms with E-state index in [-0.39, 0.29) is 0 Å². The zero-order valence-corrected chi connectivity index (χ0v) is 16.2. The van der Waals surface area contributed by atoms with Crippen LogP contribution in [0.4, 0.5) is 0 Å². The number of hydrogen-bond donors (Lipinski definition) is 2. The summed E-state index contributed by atoms with van der Waals surface area (Å²) in [5.74, 6) is 1.42. The van der Waals surface area contributed by atoms with Crippen LogP contribution in [-0.2, 0) is 13.0 Å². The van der Waals surface area contributed by atoms with E-state index in [9.17, 15) is 0 Å². The molecule has 0 atom stereocenters. The molecule has 0 aliphatic heterocycles. The summed E-state index contributed by atoms with van der Waals surface area (Å²) in [7, 11) is 1.77. The smallest absolute Gasteiger partial charge is 0.236 e. The zero-order valence-electron chi connectivity index (χ0n) is 15.4. The molecule has 0 aliphatic rings. The first-order valence-corrected chi connectivity index (χ1v) is 9.52. The molecule has 6 heteroatoms. The van der Waals surface area contributed by atoms with Crippen LogP contribution >= 0.6 is 11.3 Å². The van der Waals surface area contributed by atoms with Crippen LogP contribution in [-0.4, -0.2) is 24.5 Å². The average Bonchev–Trinajstić information content (AvgIpc) is 3.28. The Morgan fingerprint density at radius 3 is 2.69 bits per heavy atom. The van der Waals surface area contributed by atoms with Crippen LogP contribution in [0.15, 0.2) is 51.4 Å². The second-order valence-corrected chi connectivity index (χ2v) is 7.17. The molecule has 5 nitrogen and oxygen atoms in total. The molecule has 0 saturated carbocycles. The highest BCUT2D eigenvalue weighted by atomic mass is 32.1. The summed E-state index contributed by atoms with van der Waals surface area (Å²) in [5.41, 5.74) is 4.79. The fourth-order valence-electron chi connectivity index (χ4n) is 2.84. The molecule has 0 unspecified atom stereocenters. The maximum atomic E-state index is 5.54. The molecule has 1 aromatic carbocycles. The highest BCUT2D eigenvalue weighted by Gasteiger charge is 2.08. The highest BCUT2D eigenvalue weighted by Crippen LogP contribution is 2.23. The number of rotatable bonds is 6. The molecule has 2 aromatic heterocycles. The van der Waals surface area contributed by atoms with Crippen molar-refractivity contribution in [2.24, 2.45) is 4.99 Å². The van der Waals surface area contributed by atoms with E-state index in [1.807, 2.05) is 17.5 Å². The van der Waals surface area contributed by atoms with E-state index < -0.39 is 0 Å². The van der Waals surface area contributed by atoms with Crippen molar-refractivity contribution in [2.75, 3.05) is 13.6 Å². The van der Waals surface area contributed by atoms with E-state index in [0.717, 1.165) is 29.5 Å². The van der Waals surface area contributed by atoms with Crippen molar-refractivity contribution in [2.45, 2.75) is 26.8 Å². The van der Waals surface area contributed by atoms with Crippen molar-refractivity contribution in [1.29, 1.82) is 0 Å². The van der Waals surface area contributed by atoms with E-state index in [1.165, 1.54) is 16.7 Å². The first-order chi connectivity index (χ1) is 12.6. The lowest BCUT2D eigenvalue weighted by Crippen LogP contribution is -2.37. The fraction of sp³-hybridized carbons (Fsp3) is 0.300. The fourth-order valence-corrected chi connectivity index (χ4v) is 3.49. The molecular weight excluding hydrogens is 344 g/mol. The van der Waals surface area contributed by atoms with Gasteiger partial charge in [-0.15, -0.1) is 11.3 Å². The normalized spacial score (nSPS) is 11.6. The van der Waals surface area contributed by atoms with Gasteiger partial charge in [-0.3, -0.25) is 4.99 Å². The Bertz CT molecular complexity index is 848. The molecule has 0 spiro atoms. The second kappa shape index (κ2) is 8.67. The van der Waals surface area contributed by atoms with Crippen LogP contribution in [0.3, 0.4) is 0 Å². The lowest BCUT2D eigenvalue weighted by atomic mass is 10.1. The Morgan fingerprint density at radius 2 is 2.00 bits per heavy atom. The number of aryl methyl sites for hydroxylation is 2. The zero-order chi connectivity index (χ0) is 18.4. The van der Waals surface area contributed by atoms with Gasteiger partial charge in [-0.25, -0.2) is 4.98 Å². The molecular formula is C20H24N4OS. The molecule has 0 radical (unpaired) electrons. The number of nitrogens with one attached hydrogen (secondary N) is 2. The maximum Gasteiger partial charge on any atom is 0.236 e. The summed E-state index contributed by atoms with van der Waals surface area (Å²) in [5, 5.41) is 8.63. The molecule has 2 N–H and O–H groups in total. The number of aliphatic imine (C=N–C) groups is 1. The predicted molar refractivity (Wildman–Crippen MR) is 108 cm³/mol. The molecule has 3 rings (SSSR count). The van der Waals surface area contributed by atoms with Crippen molar-refractivity contribution in [3.8, 4) is 10.8 Å². The molecule has 0 amide bonds. The molecule has 0 fully saturated rings. The van der Waals surface area contributed by atoms with Crippen molar-refractivity contribution in [3.63, 3.8) is 0 Å². The van der Waals surface area contributed by atoms with Gasteiger partial charge in [0.05, 0.1) is 17.1 Å². The van der Waals surface area contributed by atoms with Crippen LogP contribution in [0.2, 0.25) is 0 Å². The van der Waals surface area contributed by atoms with Crippen LogP contribution in [0.25, 0.3) is 10.8 Å². The molecule has 0 bridgehead atoms. The van der Waals surface area contributed by atoms with Crippen LogP contribution in [0.5, 0.6) is 0 Å². The van der Waals surface area contributed by atoms with Gasteiger partial charge in [0, 0.05) is 13.6 Å². The SMILES string of the molecule is CN=C(NCCc1cc(C)cc(C)c1)NCc1coc(-c2cccs2)n1. The first kappa shape index (κ1) is 18.2. The summed E-state index contributed by atoms with van der Waals surface area (Å²) >= 11 is 1.62. The number of thiophene rings is 1. The second-order valence-electron chi connectivity index (χ2n) is 6.22. The number of oxazole rings is 1. The first-order valence-electron chi connectivity index (χ1n) is 8.64. The Kier molecular flexibility index (Phi) is 6.07. The predicted octanol–water partition coefficient (Wildman–Crippen LogP) is 3.93. The lowest BCUT2D eigenvalue weighted by Gasteiger charge is -2.11. The van der Waals surface area contributed by atoms with E-state index in [2.05, 4.69) is 52.7 Å². The van der Waals surface area contributed by atoms with E-state index in [1.54, 1.807) is 24.6 Å². The van der Waals surface area contributed by atoms with Crippen molar-refractivity contribution in [3.05, 3.63) is 64.4 Å². The van der Waals surface area contributed by atoms with Gasteiger partial charge in [0.2, 0.25) is 5.89 Å². The largest absolute Gasteiger partial charge is 0.443 e. The van der Waals surface area contributed by atoms with Gasteiger partial charge in [-0.05, 0) is 37.3 Å². The molecule has 0 aliphatic carbocycles. The lowest BCUT2D eigenvalue weighted by molar-refractivity contribution is 0.573. The minimum absolute atomic E-state index is 0.568. The summed E-state index contributed by atoms with van der Waals surface area (Å²) < 4.78 is 5.54. The number of nitrogens with zero attached hydrogens (tertiary/aromatic N) is 2. The number of guanidine groups is 1. The van der Waals surface area contributed by atoms with Crippen molar-refractivity contribution >= 4 is 17.3 Å². The van der Waals surface area contributed by atoms with Gasteiger partial charge in [0.15, 0.2) is 5.96 Å². The van der Waals surface area contributed by atoms with E-state index >= 15 is 0 Å². The topological polar surface area (TPSA) is 62.5 Å². The van der Waals surface area contributed by atoms with Gasteiger partial charge >= 0.3 is 0 Å². The van der Waals surface area contributed by atoms with E-state index in [0.29, 0.717) is 12.4 Å². The van der Waals surface area contributed by atoms with E-state index in [4.69, 9.17) is 4.42 Å². The third kappa shape index (κ3) is 4.95. The Morgan fingerprint density at radius 1 is 1.19 bits per heavy atom. The number of benzene rings is 1. The van der Waals surface area contributed by atoms with Gasteiger partial charge in [-0.1, -0.05) is 35.4 Å². The third-order valence-electron chi connectivity index (χ3n) is 3.93. The average molecular weight is 369 g/mol.